The van der Waals surface area contributed by atoms with E-state index >= 15 is 0 Å². The van der Waals surface area contributed by atoms with Crippen molar-refractivity contribution >= 4 is 23.1 Å². The Balaban J connectivity index is 1.42. The van der Waals surface area contributed by atoms with E-state index in [9.17, 15) is 18.3 Å². The van der Waals surface area contributed by atoms with Crippen molar-refractivity contribution in [3.63, 3.8) is 0 Å². The Morgan fingerprint density at radius 1 is 1.21 bits per heavy atom. The number of imidazole rings is 1. The Bertz CT molecular complexity index is 1270. The van der Waals surface area contributed by atoms with Crippen molar-refractivity contribution in [1.82, 2.24) is 24.1 Å². The maximum atomic E-state index is 12.5. The van der Waals surface area contributed by atoms with Crippen LogP contribution in [0.15, 0.2) is 55.1 Å². The number of alkyl halides is 3. The van der Waals surface area contributed by atoms with E-state index in [-0.39, 0.29) is 18.4 Å². The molecule has 1 atom stereocenters. The van der Waals surface area contributed by atoms with Crippen LogP contribution in [0.25, 0.3) is 11.2 Å². The first-order valence-electron chi connectivity index (χ1n) is 10.3. The molecule has 0 bridgehead atoms. The van der Waals surface area contributed by atoms with Gasteiger partial charge in [0, 0.05) is 18.8 Å². The van der Waals surface area contributed by atoms with Gasteiger partial charge in [0.05, 0.1) is 24.5 Å². The van der Waals surface area contributed by atoms with Crippen molar-refractivity contribution in [2.24, 2.45) is 0 Å². The van der Waals surface area contributed by atoms with E-state index in [4.69, 9.17) is 0 Å². The first kappa shape index (κ1) is 21.1. The summed E-state index contributed by atoms with van der Waals surface area (Å²) in [4.78, 5) is 11.0. The average molecular weight is 459 g/mol. The van der Waals surface area contributed by atoms with E-state index in [0.29, 0.717) is 23.3 Å². The number of ether oxygens (including phenoxy) is 1. The smallest absolute Gasteiger partial charge is 0.406 e. The summed E-state index contributed by atoms with van der Waals surface area (Å²) >= 11 is 0. The Morgan fingerprint density at radius 3 is 2.91 bits per heavy atom. The Morgan fingerprint density at radius 2 is 2.09 bits per heavy atom. The highest BCUT2D eigenvalue weighted by molar-refractivity contribution is 5.73. The SMILES string of the molecule is OCC1CCCN1c1nc(Nc2cn(-c3cccc(OC(F)(F)F)c3)cn2)c2cccn2n1. The van der Waals surface area contributed by atoms with E-state index in [2.05, 4.69) is 25.1 Å². The fourth-order valence-corrected chi connectivity index (χ4v) is 3.92. The van der Waals surface area contributed by atoms with Crippen LogP contribution in [0, 0.1) is 0 Å². The van der Waals surface area contributed by atoms with Crippen molar-refractivity contribution in [2.75, 3.05) is 23.4 Å². The van der Waals surface area contributed by atoms with Crippen molar-refractivity contribution < 1.29 is 23.0 Å². The maximum Gasteiger partial charge on any atom is 0.573 e. The Kier molecular flexibility index (Phi) is 5.29. The summed E-state index contributed by atoms with van der Waals surface area (Å²) in [6.45, 7) is 0.778. The molecule has 1 aromatic carbocycles. The summed E-state index contributed by atoms with van der Waals surface area (Å²) in [6.07, 6.45) is 1.98. The number of aliphatic hydroxyl groups excluding tert-OH is 1. The third-order valence-electron chi connectivity index (χ3n) is 5.40. The molecule has 0 saturated carbocycles. The Labute approximate surface area is 186 Å². The molecular formula is C21H20F3N7O2. The quantitative estimate of drug-likeness (QED) is 0.456. The van der Waals surface area contributed by atoms with Crippen LogP contribution in [-0.2, 0) is 0 Å². The number of aromatic nitrogens is 5. The van der Waals surface area contributed by atoms with Gasteiger partial charge in [-0.2, -0.15) is 4.98 Å². The van der Waals surface area contributed by atoms with Crippen molar-refractivity contribution in [3.8, 4) is 11.4 Å². The van der Waals surface area contributed by atoms with Gasteiger partial charge in [0.2, 0.25) is 5.95 Å². The molecule has 1 saturated heterocycles. The molecule has 3 aromatic heterocycles. The molecular weight excluding hydrogens is 439 g/mol. The molecule has 0 radical (unpaired) electrons. The second-order valence-corrected chi connectivity index (χ2v) is 7.61. The first-order chi connectivity index (χ1) is 15.9. The van der Waals surface area contributed by atoms with Crippen LogP contribution in [0.2, 0.25) is 0 Å². The minimum Gasteiger partial charge on any atom is -0.406 e. The van der Waals surface area contributed by atoms with E-state index in [1.54, 1.807) is 27.5 Å². The molecule has 33 heavy (non-hydrogen) atoms. The van der Waals surface area contributed by atoms with Crippen molar-refractivity contribution in [1.29, 1.82) is 0 Å². The third kappa shape index (κ3) is 4.42. The second-order valence-electron chi connectivity index (χ2n) is 7.61. The molecule has 2 N–H and O–H groups in total. The second kappa shape index (κ2) is 8.28. The molecule has 12 heteroatoms. The highest BCUT2D eigenvalue weighted by Crippen LogP contribution is 2.28. The van der Waals surface area contributed by atoms with Crippen molar-refractivity contribution in [2.45, 2.75) is 25.2 Å². The van der Waals surface area contributed by atoms with Crippen LogP contribution < -0.4 is 15.0 Å². The number of benzene rings is 1. The van der Waals surface area contributed by atoms with Crippen LogP contribution in [0.3, 0.4) is 0 Å². The third-order valence-corrected chi connectivity index (χ3v) is 5.40. The zero-order valence-electron chi connectivity index (χ0n) is 17.3. The molecule has 1 fully saturated rings. The zero-order valence-corrected chi connectivity index (χ0v) is 17.3. The topological polar surface area (TPSA) is 92.7 Å². The molecule has 4 heterocycles. The number of anilines is 3. The van der Waals surface area contributed by atoms with Gasteiger partial charge in [0.15, 0.2) is 5.82 Å². The largest absolute Gasteiger partial charge is 0.573 e. The normalized spacial score (nSPS) is 16.5. The van der Waals surface area contributed by atoms with Crippen LogP contribution in [0.5, 0.6) is 5.75 Å². The summed E-state index contributed by atoms with van der Waals surface area (Å²) in [5, 5.41) is 17.4. The average Bonchev–Trinajstić information content (AvgIpc) is 3.52. The minimum absolute atomic E-state index is 0.0252. The first-order valence-corrected chi connectivity index (χ1v) is 10.3. The summed E-state index contributed by atoms with van der Waals surface area (Å²) in [6, 6.07) is 9.29. The monoisotopic (exact) mass is 459 g/mol. The molecule has 4 aromatic rings. The lowest BCUT2D eigenvalue weighted by atomic mass is 10.2. The predicted molar refractivity (Wildman–Crippen MR) is 114 cm³/mol. The van der Waals surface area contributed by atoms with Gasteiger partial charge in [-0.1, -0.05) is 6.07 Å². The number of nitrogens with zero attached hydrogens (tertiary/aromatic N) is 6. The number of aliphatic hydroxyl groups is 1. The number of fused-ring (bicyclic) bond motifs is 1. The number of rotatable bonds is 6. The lowest BCUT2D eigenvalue weighted by molar-refractivity contribution is -0.274. The number of nitrogens with one attached hydrogen (secondary N) is 1. The molecule has 1 aliphatic heterocycles. The van der Waals surface area contributed by atoms with Gasteiger partial charge in [0.1, 0.15) is 23.4 Å². The standard InChI is InChI=1S/C21H20F3N7O2/c22-21(23,24)33-16-6-1-4-14(10-16)29-11-18(25-13-29)26-19-17-7-3-9-31(17)28-20(27-19)30-8-2-5-15(30)12-32/h1,3-4,6-7,9-11,13,15,32H,2,5,8,12H2,(H,26,27,28). The van der Waals surface area contributed by atoms with E-state index in [0.717, 1.165) is 24.9 Å². The molecule has 1 aliphatic rings. The van der Waals surface area contributed by atoms with Gasteiger partial charge in [-0.3, -0.25) is 0 Å². The highest BCUT2D eigenvalue weighted by atomic mass is 19.4. The molecule has 0 spiro atoms. The number of hydrogen-bond acceptors (Lipinski definition) is 7. The predicted octanol–water partition coefficient (Wildman–Crippen LogP) is 3.52. The van der Waals surface area contributed by atoms with Gasteiger partial charge in [-0.05, 0) is 37.1 Å². The van der Waals surface area contributed by atoms with Crippen LogP contribution >= 0.6 is 0 Å². The maximum absolute atomic E-state index is 12.5. The lowest BCUT2D eigenvalue weighted by Gasteiger charge is -2.23. The summed E-state index contributed by atoms with van der Waals surface area (Å²) in [5.41, 5.74) is 1.19. The fraction of sp³-hybridized carbons (Fsp3) is 0.286. The molecule has 1 unspecified atom stereocenters. The molecule has 9 nitrogen and oxygen atoms in total. The van der Waals surface area contributed by atoms with Gasteiger partial charge in [-0.25, -0.2) is 9.50 Å². The fourth-order valence-electron chi connectivity index (χ4n) is 3.92. The molecule has 0 amide bonds. The number of hydrogen-bond donors (Lipinski definition) is 2. The highest BCUT2D eigenvalue weighted by Gasteiger charge is 2.31. The number of halogens is 3. The van der Waals surface area contributed by atoms with Gasteiger partial charge >= 0.3 is 6.36 Å². The van der Waals surface area contributed by atoms with E-state index in [1.807, 2.05) is 17.0 Å². The van der Waals surface area contributed by atoms with Crippen LogP contribution in [-0.4, -0.2) is 54.8 Å². The molecule has 0 aliphatic carbocycles. The van der Waals surface area contributed by atoms with Gasteiger partial charge in [0.25, 0.3) is 0 Å². The zero-order chi connectivity index (χ0) is 23.0. The lowest BCUT2D eigenvalue weighted by Crippen LogP contribution is -2.34. The van der Waals surface area contributed by atoms with Gasteiger partial charge in [-0.15, -0.1) is 18.3 Å². The van der Waals surface area contributed by atoms with Crippen LogP contribution in [0.1, 0.15) is 12.8 Å². The molecule has 5 rings (SSSR count). The Hall–Kier alpha value is -3.80. The van der Waals surface area contributed by atoms with Crippen LogP contribution in [0.4, 0.5) is 30.8 Å². The van der Waals surface area contributed by atoms with Gasteiger partial charge < -0.3 is 24.6 Å². The summed E-state index contributed by atoms with van der Waals surface area (Å²) in [5.74, 6) is 1.15. The summed E-state index contributed by atoms with van der Waals surface area (Å²) < 4.78 is 44.9. The van der Waals surface area contributed by atoms with E-state index in [1.165, 1.54) is 24.5 Å². The summed E-state index contributed by atoms with van der Waals surface area (Å²) in [7, 11) is 0. The minimum atomic E-state index is -4.77. The van der Waals surface area contributed by atoms with E-state index < -0.39 is 6.36 Å². The van der Waals surface area contributed by atoms with Crippen molar-refractivity contribution in [3.05, 3.63) is 55.1 Å². The molecule has 172 valence electrons.